The number of hydrogen-bond donors (Lipinski definition) is 0. The zero-order chi connectivity index (χ0) is 23.6. The van der Waals surface area contributed by atoms with Crippen molar-refractivity contribution in [2.75, 3.05) is 45.3 Å². The van der Waals surface area contributed by atoms with Crippen molar-refractivity contribution in [1.29, 1.82) is 0 Å². The van der Waals surface area contributed by atoms with Crippen LogP contribution in [-0.4, -0.2) is 58.1 Å². The van der Waals surface area contributed by atoms with E-state index in [1.807, 2.05) is 28.5 Å². The minimum absolute atomic E-state index is 0.108. The molecule has 0 bridgehead atoms. The van der Waals surface area contributed by atoms with Crippen LogP contribution in [0.4, 0.5) is 13.9 Å². The van der Waals surface area contributed by atoms with Crippen LogP contribution in [0.15, 0.2) is 46.7 Å². The zero-order valence-corrected chi connectivity index (χ0v) is 19.8. The van der Waals surface area contributed by atoms with Crippen LogP contribution >= 0.6 is 11.3 Å². The quantitative estimate of drug-likeness (QED) is 0.499. The second-order valence-corrected chi connectivity index (χ2v) is 10.1. The third-order valence-corrected chi connectivity index (χ3v) is 8.33. The molecule has 0 aliphatic carbocycles. The monoisotopic (exact) mass is 495 g/mol. The summed E-state index contributed by atoms with van der Waals surface area (Å²) in [6.45, 7) is 0.955. The van der Waals surface area contributed by atoms with Gasteiger partial charge in [0.1, 0.15) is 23.1 Å². The van der Waals surface area contributed by atoms with E-state index in [9.17, 15) is 17.2 Å². The lowest BCUT2D eigenvalue weighted by Crippen LogP contribution is -2.49. The molecule has 1 aliphatic heterocycles. The number of methoxy groups -OCH3 is 2. The van der Waals surface area contributed by atoms with E-state index in [1.54, 1.807) is 14.2 Å². The normalized spacial score (nSPS) is 15.0. The Morgan fingerprint density at radius 1 is 1.03 bits per heavy atom. The SMILES string of the molecule is COc1ccc(Cc2csc(N3CCN(S(=O)(=O)c4c(F)cccc4F)CC3)n2)c(OC)c1. The standard InChI is InChI=1S/C22H23F2N3O4S2/c1-30-17-7-6-15(20(13-17)31-2)12-16-14-32-22(25-16)26-8-10-27(11-9-26)33(28,29)21-18(23)4-3-5-19(21)24/h3-7,13-14H,8-12H2,1-2H3. The third-order valence-electron chi connectivity index (χ3n) is 5.43. The zero-order valence-electron chi connectivity index (χ0n) is 18.1. The van der Waals surface area contributed by atoms with Crippen molar-refractivity contribution in [2.24, 2.45) is 0 Å². The van der Waals surface area contributed by atoms with E-state index < -0.39 is 26.6 Å². The van der Waals surface area contributed by atoms with Crippen LogP contribution < -0.4 is 14.4 Å². The van der Waals surface area contributed by atoms with Gasteiger partial charge in [0.05, 0.1) is 19.9 Å². The van der Waals surface area contributed by atoms with Crippen molar-refractivity contribution in [3.63, 3.8) is 0 Å². The van der Waals surface area contributed by atoms with Gasteiger partial charge in [-0.1, -0.05) is 12.1 Å². The fourth-order valence-electron chi connectivity index (χ4n) is 3.69. The van der Waals surface area contributed by atoms with Gasteiger partial charge < -0.3 is 14.4 Å². The highest BCUT2D eigenvalue weighted by Gasteiger charge is 2.33. The molecule has 0 N–H and O–H groups in total. The van der Waals surface area contributed by atoms with Gasteiger partial charge in [-0.15, -0.1) is 11.3 Å². The highest BCUT2D eigenvalue weighted by atomic mass is 32.2. The minimum atomic E-state index is -4.26. The molecular formula is C22H23F2N3O4S2. The average Bonchev–Trinajstić information content (AvgIpc) is 3.27. The van der Waals surface area contributed by atoms with E-state index in [4.69, 9.17) is 14.5 Å². The molecule has 7 nitrogen and oxygen atoms in total. The van der Waals surface area contributed by atoms with Gasteiger partial charge in [0.2, 0.25) is 10.0 Å². The molecule has 1 fully saturated rings. The summed E-state index contributed by atoms with van der Waals surface area (Å²) in [5.41, 5.74) is 1.83. The first kappa shape index (κ1) is 23.4. The van der Waals surface area contributed by atoms with Crippen LogP contribution in [0.3, 0.4) is 0 Å². The molecule has 1 aromatic heterocycles. The maximum absolute atomic E-state index is 14.0. The summed E-state index contributed by atoms with van der Waals surface area (Å²) in [5.74, 6) is -0.757. The van der Waals surface area contributed by atoms with E-state index in [1.165, 1.54) is 11.3 Å². The molecule has 0 amide bonds. The lowest BCUT2D eigenvalue weighted by molar-refractivity contribution is 0.378. The van der Waals surface area contributed by atoms with E-state index in [-0.39, 0.29) is 13.1 Å². The van der Waals surface area contributed by atoms with Crippen molar-refractivity contribution < 1.29 is 26.7 Å². The fourth-order valence-corrected chi connectivity index (χ4v) is 6.10. The molecule has 0 spiro atoms. The molecule has 176 valence electrons. The molecule has 33 heavy (non-hydrogen) atoms. The maximum Gasteiger partial charge on any atom is 0.249 e. The van der Waals surface area contributed by atoms with Crippen molar-refractivity contribution in [2.45, 2.75) is 11.3 Å². The molecule has 0 saturated carbocycles. The van der Waals surface area contributed by atoms with Gasteiger partial charge in [-0.3, -0.25) is 0 Å². The maximum atomic E-state index is 14.0. The number of halogens is 2. The molecule has 11 heteroatoms. The smallest absolute Gasteiger partial charge is 0.249 e. The van der Waals surface area contributed by atoms with Crippen LogP contribution in [0.2, 0.25) is 0 Å². The average molecular weight is 496 g/mol. The number of benzene rings is 2. The fraction of sp³-hybridized carbons (Fsp3) is 0.318. The van der Waals surface area contributed by atoms with Gasteiger partial charge in [-0.2, -0.15) is 4.31 Å². The summed E-state index contributed by atoms with van der Waals surface area (Å²) in [5, 5.41) is 2.73. The number of nitrogens with zero attached hydrogens (tertiary/aromatic N) is 3. The molecular weight excluding hydrogens is 472 g/mol. The van der Waals surface area contributed by atoms with Gasteiger partial charge in [0, 0.05) is 49.6 Å². The van der Waals surface area contributed by atoms with E-state index in [0.717, 1.165) is 38.9 Å². The summed E-state index contributed by atoms with van der Waals surface area (Å²) in [7, 11) is -1.06. The number of ether oxygens (including phenoxy) is 2. The molecule has 2 heterocycles. The minimum Gasteiger partial charge on any atom is -0.497 e. The van der Waals surface area contributed by atoms with Crippen molar-refractivity contribution in [1.82, 2.24) is 9.29 Å². The summed E-state index contributed by atoms with van der Waals surface area (Å²) < 4.78 is 65.4. The van der Waals surface area contributed by atoms with Crippen molar-refractivity contribution >= 4 is 26.5 Å². The predicted molar refractivity (Wildman–Crippen MR) is 122 cm³/mol. The Balaban J connectivity index is 1.43. The Kier molecular flexibility index (Phi) is 6.82. The largest absolute Gasteiger partial charge is 0.497 e. The van der Waals surface area contributed by atoms with Crippen LogP contribution in [0.1, 0.15) is 11.3 Å². The van der Waals surface area contributed by atoms with Crippen molar-refractivity contribution in [3.05, 3.63) is 64.7 Å². The second-order valence-electron chi connectivity index (χ2n) is 7.42. The number of sulfonamides is 1. The Morgan fingerprint density at radius 2 is 1.73 bits per heavy atom. The number of thiazole rings is 1. The topological polar surface area (TPSA) is 72.0 Å². The summed E-state index contributed by atoms with van der Waals surface area (Å²) in [6, 6.07) is 8.65. The predicted octanol–water partition coefficient (Wildman–Crippen LogP) is 3.54. The number of piperazine rings is 1. The van der Waals surface area contributed by atoms with Crippen molar-refractivity contribution in [3.8, 4) is 11.5 Å². The molecule has 3 aromatic rings. The third kappa shape index (κ3) is 4.80. The van der Waals surface area contributed by atoms with Gasteiger partial charge >= 0.3 is 0 Å². The van der Waals surface area contributed by atoms with E-state index in [0.29, 0.717) is 31.0 Å². The Bertz CT molecular complexity index is 1220. The van der Waals surface area contributed by atoms with Crippen LogP contribution in [0, 0.1) is 11.6 Å². The summed E-state index contributed by atoms with van der Waals surface area (Å²) in [6.07, 6.45) is 0.574. The van der Waals surface area contributed by atoms with E-state index in [2.05, 4.69) is 0 Å². The summed E-state index contributed by atoms with van der Waals surface area (Å²) >= 11 is 1.47. The molecule has 4 rings (SSSR count). The highest BCUT2D eigenvalue weighted by molar-refractivity contribution is 7.89. The van der Waals surface area contributed by atoms with Crippen LogP contribution in [0.5, 0.6) is 11.5 Å². The Hall–Kier alpha value is -2.76. The lowest BCUT2D eigenvalue weighted by Gasteiger charge is -2.33. The Labute approximate surface area is 195 Å². The van der Waals surface area contributed by atoms with Crippen LogP contribution in [-0.2, 0) is 16.4 Å². The number of rotatable bonds is 7. The van der Waals surface area contributed by atoms with Gasteiger partial charge in [-0.25, -0.2) is 22.2 Å². The van der Waals surface area contributed by atoms with Gasteiger partial charge in [0.15, 0.2) is 10.0 Å². The molecule has 0 atom stereocenters. The number of hydrogen-bond acceptors (Lipinski definition) is 7. The molecule has 1 saturated heterocycles. The lowest BCUT2D eigenvalue weighted by atomic mass is 10.1. The molecule has 0 radical (unpaired) electrons. The van der Waals surface area contributed by atoms with Gasteiger partial charge in [0.25, 0.3) is 0 Å². The van der Waals surface area contributed by atoms with Crippen LogP contribution in [0.25, 0.3) is 0 Å². The first-order valence-electron chi connectivity index (χ1n) is 10.2. The molecule has 0 unspecified atom stereocenters. The molecule has 1 aliphatic rings. The number of anilines is 1. The Morgan fingerprint density at radius 3 is 2.36 bits per heavy atom. The first-order chi connectivity index (χ1) is 15.8. The number of aromatic nitrogens is 1. The second kappa shape index (κ2) is 9.62. The molecule has 2 aromatic carbocycles. The highest BCUT2D eigenvalue weighted by Crippen LogP contribution is 2.30. The first-order valence-corrected chi connectivity index (χ1v) is 12.5. The summed E-state index contributed by atoms with van der Waals surface area (Å²) in [4.78, 5) is 5.77. The van der Waals surface area contributed by atoms with Gasteiger partial charge in [-0.05, 0) is 18.2 Å². The van der Waals surface area contributed by atoms with E-state index >= 15 is 0 Å².